The summed E-state index contributed by atoms with van der Waals surface area (Å²) in [6.45, 7) is 10.4. The number of hydrogen-bond acceptors (Lipinski definition) is 5. The van der Waals surface area contributed by atoms with Crippen molar-refractivity contribution in [1.29, 1.82) is 0 Å². The smallest absolute Gasteiger partial charge is 0.298 e. The normalized spacial score (nSPS) is 31.7. The molecule has 6 heteroatoms. The summed E-state index contributed by atoms with van der Waals surface area (Å²) in [5.41, 5.74) is 2.16. The predicted octanol–water partition coefficient (Wildman–Crippen LogP) is 2.84. The summed E-state index contributed by atoms with van der Waals surface area (Å²) in [5, 5.41) is 0. The lowest BCUT2D eigenvalue weighted by molar-refractivity contribution is -0.135. The number of oxazole rings is 1. The standard InChI is InChI=1S/C22H30N4O2/c1-21-12-24(3)13-22(21,2)15-26(14-21)19(27)16-8-10-25(11-9-16)20-23-17-6-4-5-7-18(17)28-20/h4-7,16H,8-15H2,1-3H3. The molecule has 3 fully saturated rings. The third kappa shape index (κ3) is 2.72. The summed E-state index contributed by atoms with van der Waals surface area (Å²) in [6.07, 6.45) is 1.75. The zero-order valence-electron chi connectivity index (χ0n) is 17.1. The molecule has 0 radical (unpaired) electrons. The maximum absolute atomic E-state index is 13.2. The molecule has 3 aliphatic rings. The van der Waals surface area contributed by atoms with Gasteiger partial charge in [-0.2, -0.15) is 4.98 Å². The van der Waals surface area contributed by atoms with Crippen LogP contribution in [-0.4, -0.2) is 67.0 Å². The molecule has 28 heavy (non-hydrogen) atoms. The Morgan fingerprint density at radius 2 is 1.71 bits per heavy atom. The van der Waals surface area contributed by atoms with Gasteiger partial charge < -0.3 is 19.1 Å². The van der Waals surface area contributed by atoms with Crippen molar-refractivity contribution in [2.75, 3.05) is 51.2 Å². The average molecular weight is 383 g/mol. The highest BCUT2D eigenvalue weighted by Gasteiger charge is 2.57. The van der Waals surface area contributed by atoms with Gasteiger partial charge in [0.15, 0.2) is 5.58 Å². The number of amides is 1. The van der Waals surface area contributed by atoms with Crippen molar-refractivity contribution >= 4 is 23.0 Å². The van der Waals surface area contributed by atoms with Crippen molar-refractivity contribution < 1.29 is 9.21 Å². The molecule has 0 spiro atoms. The molecule has 3 saturated heterocycles. The van der Waals surface area contributed by atoms with Gasteiger partial charge in [-0.25, -0.2) is 0 Å². The lowest BCUT2D eigenvalue weighted by Gasteiger charge is -2.33. The zero-order chi connectivity index (χ0) is 19.5. The second kappa shape index (κ2) is 6.21. The SMILES string of the molecule is CN1CC2(C)CN(C(=O)C3CCN(c4nc5ccccc5o4)CC3)CC2(C)C1. The van der Waals surface area contributed by atoms with Gasteiger partial charge in [0, 0.05) is 56.0 Å². The molecule has 1 aromatic heterocycles. The minimum atomic E-state index is 0.129. The number of anilines is 1. The molecule has 2 aromatic rings. The maximum atomic E-state index is 13.2. The van der Waals surface area contributed by atoms with E-state index in [-0.39, 0.29) is 16.7 Å². The minimum Gasteiger partial charge on any atom is -0.423 e. The summed E-state index contributed by atoms with van der Waals surface area (Å²) in [5.74, 6) is 0.487. The van der Waals surface area contributed by atoms with E-state index in [9.17, 15) is 4.79 Å². The van der Waals surface area contributed by atoms with E-state index in [2.05, 4.69) is 40.6 Å². The second-order valence-corrected chi connectivity index (χ2v) is 9.71. The first-order valence-electron chi connectivity index (χ1n) is 10.4. The molecule has 0 aliphatic carbocycles. The number of likely N-dealkylation sites (tertiary alicyclic amines) is 2. The van der Waals surface area contributed by atoms with Crippen LogP contribution in [0.15, 0.2) is 28.7 Å². The Bertz CT molecular complexity index is 850. The number of piperidine rings is 1. The molecule has 3 aliphatic heterocycles. The number of benzene rings is 1. The van der Waals surface area contributed by atoms with E-state index in [1.807, 2.05) is 24.3 Å². The van der Waals surface area contributed by atoms with Crippen molar-refractivity contribution in [3.63, 3.8) is 0 Å². The Hall–Kier alpha value is -2.08. The van der Waals surface area contributed by atoms with Gasteiger partial charge in [-0.3, -0.25) is 4.79 Å². The van der Waals surface area contributed by atoms with Gasteiger partial charge in [-0.05, 0) is 32.0 Å². The van der Waals surface area contributed by atoms with Gasteiger partial charge in [0.25, 0.3) is 6.01 Å². The van der Waals surface area contributed by atoms with E-state index in [4.69, 9.17) is 4.42 Å². The van der Waals surface area contributed by atoms with Crippen molar-refractivity contribution in [3.8, 4) is 0 Å². The molecule has 0 bridgehead atoms. The van der Waals surface area contributed by atoms with Gasteiger partial charge in [0.1, 0.15) is 5.52 Å². The fraction of sp³-hybridized carbons (Fsp3) is 0.636. The van der Waals surface area contributed by atoms with Crippen LogP contribution in [0.4, 0.5) is 6.01 Å². The first-order valence-corrected chi connectivity index (χ1v) is 10.4. The highest BCUT2D eigenvalue weighted by molar-refractivity contribution is 5.80. The number of fused-ring (bicyclic) bond motifs is 2. The van der Waals surface area contributed by atoms with Gasteiger partial charge in [0.2, 0.25) is 5.91 Å². The molecule has 150 valence electrons. The number of rotatable bonds is 2. The summed E-state index contributed by atoms with van der Waals surface area (Å²) in [6, 6.07) is 8.55. The molecule has 2 atom stereocenters. The van der Waals surface area contributed by atoms with Crippen LogP contribution in [0.2, 0.25) is 0 Å². The van der Waals surface area contributed by atoms with Crippen molar-refractivity contribution in [1.82, 2.24) is 14.8 Å². The fourth-order valence-electron chi connectivity index (χ4n) is 5.74. The molecule has 1 amide bonds. The van der Waals surface area contributed by atoms with Gasteiger partial charge >= 0.3 is 0 Å². The van der Waals surface area contributed by atoms with Crippen LogP contribution in [0.3, 0.4) is 0 Å². The Morgan fingerprint density at radius 1 is 1.07 bits per heavy atom. The summed E-state index contributed by atoms with van der Waals surface area (Å²) in [7, 11) is 2.20. The molecule has 0 N–H and O–H groups in total. The quantitative estimate of drug-likeness (QED) is 0.799. The molecular formula is C22H30N4O2. The molecular weight excluding hydrogens is 352 g/mol. The Morgan fingerprint density at radius 3 is 2.36 bits per heavy atom. The number of para-hydroxylation sites is 2. The summed E-state index contributed by atoms with van der Waals surface area (Å²) >= 11 is 0. The van der Waals surface area contributed by atoms with E-state index in [0.717, 1.165) is 63.2 Å². The van der Waals surface area contributed by atoms with Crippen LogP contribution < -0.4 is 4.90 Å². The van der Waals surface area contributed by atoms with Crippen LogP contribution in [0.1, 0.15) is 26.7 Å². The highest BCUT2D eigenvalue weighted by atomic mass is 16.4. The van der Waals surface area contributed by atoms with Crippen molar-refractivity contribution in [2.45, 2.75) is 26.7 Å². The van der Waals surface area contributed by atoms with E-state index in [0.29, 0.717) is 11.9 Å². The molecule has 5 rings (SSSR count). The Labute approximate surface area is 166 Å². The predicted molar refractivity (Wildman–Crippen MR) is 109 cm³/mol. The molecule has 0 saturated carbocycles. The van der Waals surface area contributed by atoms with Crippen molar-refractivity contribution in [2.24, 2.45) is 16.7 Å². The lowest BCUT2D eigenvalue weighted by Crippen LogP contribution is -2.43. The average Bonchev–Trinajstić information content (AvgIpc) is 3.26. The number of aromatic nitrogens is 1. The second-order valence-electron chi connectivity index (χ2n) is 9.71. The molecule has 4 heterocycles. The van der Waals surface area contributed by atoms with E-state index < -0.39 is 0 Å². The molecule has 1 aromatic carbocycles. The van der Waals surface area contributed by atoms with Gasteiger partial charge in [-0.1, -0.05) is 26.0 Å². The van der Waals surface area contributed by atoms with Gasteiger partial charge in [-0.15, -0.1) is 0 Å². The largest absolute Gasteiger partial charge is 0.423 e. The Balaban J connectivity index is 1.23. The van der Waals surface area contributed by atoms with Crippen LogP contribution in [0.5, 0.6) is 0 Å². The highest BCUT2D eigenvalue weighted by Crippen LogP contribution is 2.51. The number of carbonyl (C=O) groups excluding carboxylic acids is 1. The first-order chi connectivity index (χ1) is 13.4. The van der Waals surface area contributed by atoms with E-state index in [1.54, 1.807) is 0 Å². The van der Waals surface area contributed by atoms with Crippen LogP contribution in [-0.2, 0) is 4.79 Å². The molecule has 2 unspecified atom stereocenters. The molecule has 6 nitrogen and oxygen atoms in total. The third-order valence-corrected chi connectivity index (χ3v) is 7.48. The number of hydrogen-bond donors (Lipinski definition) is 0. The minimum absolute atomic E-state index is 0.129. The topological polar surface area (TPSA) is 52.8 Å². The maximum Gasteiger partial charge on any atom is 0.298 e. The number of carbonyl (C=O) groups is 1. The van der Waals surface area contributed by atoms with E-state index in [1.165, 1.54) is 0 Å². The lowest BCUT2D eigenvalue weighted by atomic mass is 9.71. The summed E-state index contributed by atoms with van der Waals surface area (Å²) in [4.78, 5) is 24.6. The van der Waals surface area contributed by atoms with Crippen LogP contribution in [0, 0.1) is 16.7 Å². The Kier molecular flexibility index (Phi) is 3.99. The van der Waals surface area contributed by atoms with Gasteiger partial charge in [0.05, 0.1) is 0 Å². The fourth-order valence-corrected chi connectivity index (χ4v) is 5.74. The van der Waals surface area contributed by atoms with Crippen molar-refractivity contribution in [3.05, 3.63) is 24.3 Å². The third-order valence-electron chi connectivity index (χ3n) is 7.48. The zero-order valence-corrected chi connectivity index (χ0v) is 17.1. The van der Waals surface area contributed by atoms with Crippen LogP contribution >= 0.6 is 0 Å². The first kappa shape index (κ1) is 18.0. The van der Waals surface area contributed by atoms with E-state index >= 15 is 0 Å². The summed E-state index contributed by atoms with van der Waals surface area (Å²) < 4.78 is 5.90. The van der Waals surface area contributed by atoms with Crippen LogP contribution in [0.25, 0.3) is 11.1 Å². The monoisotopic (exact) mass is 382 g/mol. The number of nitrogens with zero attached hydrogens (tertiary/aromatic N) is 4.